The van der Waals surface area contributed by atoms with Crippen LogP contribution in [-0.2, 0) is 16.0 Å². The fourth-order valence-electron chi connectivity index (χ4n) is 2.63. The van der Waals surface area contributed by atoms with Crippen molar-refractivity contribution in [3.05, 3.63) is 63.6 Å². The molecule has 7 nitrogen and oxygen atoms in total. The summed E-state index contributed by atoms with van der Waals surface area (Å²) in [6.45, 7) is 10.0. The molecule has 156 valence electrons. The van der Waals surface area contributed by atoms with E-state index in [-0.39, 0.29) is 12.2 Å². The predicted octanol–water partition coefficient (Wildman–Crippen LogP) is 3.51. The normalized spacial score (nSPS) is 11.8. The van der Waals surface area contributed by atoms with E-state index in [0.29, 0.717) is 0 Å². The van der Waals surface area contributed by atoms with Crippen molar-refractivity contribution < 1.29 is 24.2 Å². The molecule has 0 atom stereocenters. The van der Waals surface area contributed by atoms with Crippen LogP contribution in [-0.4, -0.2) is 32.8 Å². The van der Waals surface area contributed by atoms with Gasteiger partial charge in [-0.15, -0.1) is 0 Å². The standard InChI is InChI=1S/C22H27NO6/c1-21(2,3)28-19(26)17-15(24)12-16(25)23(13-14-10-8-7-9-11-14)18(17)20(27)29-22(4,5)6/h7-12,24H,13H2,1-6H3. The van der Waals surface area contributed by atoms with Gasteiger partial charge in [-0.1, -0.05) is 30.3 Å². The van der Waals surface area contributed by atoms with Gasteiger partial charge in [-0.25, -0.2) is 9.59 Å². The first-order valence-corrected chi connectivity index (χ1v) is 9.26. The quantitative estimate of drug-likeness (QED) is 0.788. The highest BCUT2D eigenvalue weighted by molar-refractivity contribution is 6.04. The van der Waals surface area contributed by atoms with Gasteiger partial charge in [-0.2, -0.15) is 0 Å². The van der Waals surface area contributed by atoms with Gasteiger partial charge in [0, 0.05) is 6.07 Å². The minimum absolute atomic E-state index is 0.0182. The molecular weight excluding hydrogens is 374 g/mol. The lowest BCUT2D eigenvalue weighted by molar-refractivity contribution is 0.000510. The van der Waals surface area contributed by atoms with E-state index in [4.69, 9.17) is 9.47 Å². The lowest BCUT2D eigenvalue weighted by atomic mass is 10.1. The Morgan fingerprint density at radius 1 is 0.931 bits per heavy atom. The minimum Gasteiger partial charge on any atom is -0.507 e. The summed E-state index contributed by atoms with van der Waals surface area (Å²) >= 11 is 0. The van der Waals surface area contributed by atoms with Crippen LogP contribution in [0.2, 0.25) is 0 Å². The third-order valence-corrected chi connectivity index (χ3v) is 3.67. The topological polar surface area (TPSA) is 94.8 Å². The summed E-state index contributed by atoms with van der Waals surface area (Å²) in [5.74, 6) is -2.45. The van der Waals surface area contributed by atoms with Gasteiger partial charge >= 0.3 is 11.9 Å². The summed E-state index contributed by atoms with van der Waals surface area (Å²) < 4.78 is 11.9. The van der Waals surface area contributed by atoms with E-state index in [1.807, 2.05) is 6.07 Å². The van der Waals surface area contributed by atoms with Crippen molar-refractivity contribution >= 4 is 11.9 Å². The van der Waals surface area contributed by atoms with Gasteiger partial charge in [-0.3, -0.25) is 9.36 Å². The average molecular weight is 401 g/mol. The molecule has 1 N–H and O–H groups in total. The first-order valence-electron chi connectivity index (χ1n) is 9.26. The zero-order chi connectivity index (χ0) is 22.0. The van der Waals surface area contributed by atoms with Crippen LogP contribution in [0.1, 0.15) is 68.0 Å². The molecule has 0 saturated carbocycles. The number of benzene rings is 1. The van der Waals surface area contributed by atoms with Crippen molar-refractivity contribution in [1.29, 1.82) is 0 Å². The number of aromatic hydroxyl groups is 1. The lowest BCUT2D eigenvalue weighted by Crippen LogP contribution is -2.34. The molecule has 1 aromatic carbocycles. The van der Waals surface area contributed by atoms with Gasteiger partial charge < -0.3 is 14.6 Å². The molecule has 0 aliphatic rings. The van der Waals surface area contributed by atoms with Gasteiger partial charge in [0.1, 0.15) is 28.2 Å². The largest absolute Gasteiger partial charge is 0.507 e. The molecule has 1 heterocycles. The number of pyridine rings is 1. The number of nitrogens with zero attached hydrogens (tertiary/aromatic N) is 1. The molecule has 0 radical (unpaired) electrons. The van der Waals surface area contributed by atoms with E-state index < -0.39 is 40.0 Å². The zero-order valence-corrected chi connectivity index (χ0v) is 17.6. The third kappa shape index (κ3) is 5.94. The molecule has 29 heavy (non-hydrogen) atoms. The van der Waals surface area contributed by atoms with Crippen LogP contribution in [0.4, 0.5) is 0 Å². The van der Waals surface area contributed by atoms with Gasteiger partial charge in [0.15, 0.2) is 0 Å². The number of ether oxygens (including phenoxy) is 2. The zero-order valence-electron chi connectivity index (χ0n) is 17.6. The van der Waals surface area contributed by atoms with Crippen LogP contribution in [0.15, 0.2) is 41.2 Å². The second kappa shape index (κ2) is 8.11. The van der Waals surface area contributed by atoms with E-state index in [0.717, 1.165) is 16.2 Å². The summed E-state index contributed by atoms with van der Waals surface area (Å²) in [4.78, 5) is 38.4. The molecule has 0 bridgehead atoms. The number of aromatic nitrogens is 1. The van der Waals surface area contributed by atoms with Crippen LogP contribution in [0.3, 0.4) is 0 Å². The number of hydrogen-bond acceptors (Lipinski definition) is 6. The number of carbonyl (C=O) groups is 2. The van der Waals surface area contributed by atoms with E-state index in [1.165, 1.54) is 0 Å². The van der Waals surface area contributed by atoms with Gasteiger partial charge in [0.05, 0.1) is 6.54 Å². The summed E-state index contributed by atoms with van der Waals surface area (Å²) in [5.41, 5.74) is -2.39. The fraction of sp³-hybridized carbons (Fsp3) is 0.409. The SMILES string of the molecule is CC(C)(C)OC(=O)c1c(O)cc(=O)n(Cc2ccccc2)c1C(=O)OC(C)(C)C. The highest BCUT2D eigenvalue weighted by atomic mass is 16.6. The van der Waals surface area contributed by atoms with Crippen molar-refractivity contribution in [2.45, 2.75) is 59.3 Å². The third-order valence-electron chi connectivity index (χ3n) is 3.67. The van der Waals surface area contributed by atoms with Crippen LogP contribution in [0.25, 0.3) is 0 Å². The highest BCUT2D eigenvalue weighted by Crippen LogP contribution is 2.25. The molecule has 1 aromatic heterocycles. The Kier molecular flexibility index (Phi) is 6.21. The average Bonchev–Trinajstić information content (AvgIpc) is 2.54. The molecule has 2 aromatic rings. The number of hydrogen-bond donors (Lipinski definition) is 1. The summed E-state index contributed by atoms with van der Waals surface area (Å²) in [6, 6.07) is 9.88. The molecular formula is C22H27NO6. The summed E-state index contributed by atoms with van der Waals surface area (Å²) in [7, 11) is 0. The first kappa shape index (κ1) is 22.2. The maximum absolute atomic E-state index is 13.0. The second-order valence-electron chi connectivity index (χ2n) is 8.67. The monoisotopic (exact) mass is 401 g/mol. The number of esters is 2. The van der Waals surface area contributed by atoms with Crippen LogP contribution >= 0.6 is 0 Å². The van der Waals surface area contributed by atoms with Crippen LogP contribution in [0, 0.1) is 0 Å². The van der Waals surface area contributed by atoms with Gasteiger partial charge in [0.2, 0.25) is 0 Å². The molecule has 7 heteroatoms. The Bertz CT molecular complexity index is 962. The Balaban J connectivity index is 2.71. The molecule has 0 aliphatic carbocycles. The van der Waals surface area contributed by atoms with Crippen molar-refractivity contribution in [1.82, 2.24) is 4.57 Å². The van der Waals surface area contributed by atoms with Crippen molar-refractivity contribution in [3.8, 4) is 5.75 Å². The summed E-state index contributed by atoms with van der Waals surface area (Å²) in [5, 5.41) is 10.4. The number of carbonyl (C=O) groups excluding carboxylic acids is 2. The van der Waals surface area contributed by atoms with Crippen LogP contribution in [0.5, 0.6) is 5.75 Å². The van der Waals surface area contributed by atoms with Crippen LogP contribution < -0.4 is 5.56 Å². The van der Waals surface area contributed by atoms with E-state index in [1.54, 1.807) is 65.8 Å². The minimum atomic E-state index is -0.919. The molecule has 2 rings (SSSR count). The van der Waals surface area contributed by atoms with E-state index in [9.17, 15) is 19.5 Å². The second-order valence-corrected chi connectivity index (χ2v) is 8.67. The Hall–Kier alpha value is -3.09. The van der Waals surface area contributed by atoms with Gasteiger partial charge in [0.25, 0.3) is 5.56 Å². The Morgan fingerprint density at radius 2 is 1.45 bits per heavy atom. The fourth-order valence-corrected chi connectivity index (χ4v) is 2.63. The lowest BCUT2D eigenvalue weighted by Gasteiger charge is -2.24. The van der Waals surface area contributed by atoms with Crippen molar-refractivity contribution in [3.63, 3.8) is 0 Å². The molecule has 0 aliphatic heterocycles. The number of rotatable bonds is 4. The predicted molar refractivity (Wildman–Crippen MR) is 108 cm³/mol. The Morgan fingerprint density at radius 3 is 1.97 bits per heavy atom. The van der Waals surface area contributed by atoms with Crippen molar-refractivity contribution in [2.24, 2.45) is 0 Å². The highest BCUT2D eigenvalue weighted by Gasteiger charge is 2.32. The van der Waals surface area contributed by atoms with Crippen molar-refractivity contribution in [2.75, 3.05) is 0 Å². The maximum atomic E-state index is 13.0. The maximum Gasteiger partial charge on any atom is 0.356 e. The molecule has 0 saturated heterocycles. The molecule has 0 unspecified atom stereocenters. The van der Waals surface area contributed by atoms with E-state index in [2.05, 4.69) is 0 Å². The molecule has 0 spiro atoms. The molecule has 0 fully saturated rings. The molecule has 0 amide bonds. The first-order chi connectivity index (χ1) is 13.3. The van der Waals surface area contributed by atoms with E-state index >= 15 is 0 Å². The summed E-state index contributed by atoms with van der Waals surface area (Å²) in [6.07, 6.45) is 0. The Labute approximate surface area is 169 Å². The van der Waals surface area contributed by atoms with Gasteiger partial charge in [-0.05, 0) is 47.1 Å². The smallest absolute Gasteiger partial charge is 0.356 e.